The first-order valence-corrected chi connectivity index (χ1v) is 5.33. The van der Waals surface area contributed by atoms with Crippen molar-refractivity contribution in [3.8, 4) is 0 Å². The summed E-state index contributed by atoms with van der Waals surface area (Å²) in [5.74, 6) is 0. The molecule has 14 heavy (non-hydrogen) atoms. The quantitative estimate of drug-likeness (QED) is 0.579. The number of ether oxygens (including phenoxy) is 1. The molecule has 0 radical (unpaired) electrons. The fourth-order valence-corrected chi connectivity index (χ4v) is 1.75. The van der Waals surface area contributed by atoms with Gasteiger partial charge in [-0.2, -0.15) is 0 Å². The maximum absolute atomic E-state index is 5.05. The first-order valence-electron chi connectivity index (χ1n) is 4.42. The van der Waals surface area contributed by atoms with Crippen LogP contribution in [0.2, 0.25) is 0 Å². The average molecular weight is 260 g/mol. The van der Waals surface area contributed by atoms with E-state index in [4.69, 9.17) is 4.74 Å². The molecule has 4 nitrogen and oxygen atoms in total. The van der Waals surface area contributed by atoms with Crippen LogP contribution < -0.4 is 0 Å². The van der Waals surface area contributed by atoms with Crippen LogP contribution in [0.5, 0.6) is 0 Å². The fraction of sp³-hybridized carbons (Fsp3) is 0.556. The molecule has 1 heterocycles. The zero-order chi connectivity index (χ0) is 10.4. The van der Waals surface area contributed by atoms with E-state index >= 15 is 0 Å². The summed E-state index contributed by atoms with van der Waals surface area (Å²) in [7, 11) is 1.67. The third kappa shape index (κ3) is 2.92. The highest BCUT2D eigenvalue weighted by molar-refractivity contribution is 9.09. The van der Waals surface area contributed by atoms with E-state index in [9.17, 15) is 0 Å². The molecule has 0 bridgehead atoms. The number of alkyl halides is 1. The van der Waals surface area contributed by atoms with Crippen molar-refractivity contribution in [3.63, 3.8) is 0 Å². The van der Waals surface area contributed by atoms with Gasteiger partial charge in [0.15, 0.2) is 0 Å². The van der Waals surface area contributed by atoms with Crippen LogP contribution in [0.3, 0.4) is 0 Å². The van der Waals surface area contributed by atoms with E-state index in [2.05, 4.69) is 32.8 Å². The molecule has 1 aromatic heterocycles. The van der Waals surface area contributed by atoms with E-state index in [-0.39, 0.29) is 4.83 Å². The molecule has 0 fully saturated rings. The van der Waals surface area contributed by atoms with Gasteiger partial charge < -0.3 is 4.74 Å². The second-order valence-corrected chi connectivity index (χ2v) is 3.99. The topological polar surface area (TPSA) is 39.9 Å². The minimum Gasteiger partial charge on any atom is -0.383 e. The normalized spacial score (nSPS) is 12.7. The van der Waals surface area contributed by atoms with Crippen molar-refractivity contribution in [2.45, 2.75) is 17.8 Å². The summed E-state index contributed by atoms with van der Waals surface area (Å²) >= 11 is 3.52. The van der Waals surface area contributed by atoms with Crippen molar-refractivity contribution in [1.29, 1.82) is 0 Å². The highest BCUT2D eigenvalue weighted by Gasteiger charge is 2.12. The highest BCUT2D eigenvalue weighted by Crippen LogP contribution is 2.21. The predicted octanol–water partition coefficient (Wildman–Crippen LogP) is 1.94. The lowest BCUT2D eigenvalue weighted by Crippen LogP contribution is -2.09. The smallest absolute Gasteiger partial charge is 0.0814 e. The Morgan fingerprint density at radius 3 is 3.21 bits per heavy atom. The Morgan fingerprint density at radius 1 is 1.79 bits per heavy atom. The predicted molar refractivity (Wildman–Crippen MR) is 58.4 cm³/mol. The zero-order valence-corrected chi connectivity index (χ0v) is 9.77. The highest BCUT2D eigenvalue weighted by atomic mass is 79.9. The molecule has 0 N–H and O–H groups in total. The van der Waals surface area contributed by atoms with E-state index in [0.717, 1.165) is 18.7 Å². The molecular formula is C9H14BrN3O. The van der Waals surface area contributed by atoms with Gasteiger partial charge in [0.2, 0.25) is 0 Å². The Hall–Kier alpha value is -0.680. The molecule has 1 unspecified atom stereocenters. The van der Waals surface area contributed by atoms with Crippen molar-refractivity contribution in [3.05, 3.63) is 24.5 Å². The largest absolute Gasteiger partial charge is 0.383 e. The van der Waals surface area contributed by atoms with E-state index in [0.29, 0.717) is 6.61 Å². The minimum atomic E-state index is 0.146. The summed E-state index contributed by atoms with van der Waals surface area (Å²) in [4.78, 5) is 0.146. The van der Waals surface area contributed by atoms with Crippen LogP contribution in [0.1, 0.15) is 16.9 Å². The van der Waals surface area contributed by atoms with Crippen molar-refractivity contribution >= 4 is 15.9 Å². The molecule has 1 atom stereocenters. The molecule has 1 aromatic rings. The number of halogens is 1. The number of aryl methyl sites for hydroxylation is 1. The standard InChI is InChI=1S/C9H14BrN3O/c1-3-4-5-13-9(6-11-12-13)8(10)7-14-2/h3,6,8H,1,4-5,7H2,2H3. The molecule has 0 amide bonds. The Bertz CT molecular complexity index is 287. The lowest BCUT2D eigenvalue weighted by Gasteiger charge is -2.09. The van der Waals surface area contributed by atoms with E-state index in [1.165, 1.54) is 0 Å². The van der Waals surface area contributed by atoms with E-state index in [1.807, 2.05) is 10.8 Å². The van der Waals surface area contributed by atoms with Gasteiger partial charge in [-0.1, -0.05) is 27.2 Å². The van der Waals surface area contributed by atoms with Crippen molar-refractivity contribution in [2.24, 2.45) is 0 Å². The zero-order valence-electron chi connectivity index (χ0n) is 8.19. The Kier molecular flexibility index (Phi) is 4.82. The van der Waals surface area contributed by atoms with Crippen LogP contribution in [-0.4, -0.2) is 28.7 Å². The maximum Gasteiger partial charge on any atom is 0.0814 e. The molecule has 78 valence electrons. The fourth-order valence-electron chi connectivity index (χ4n) is 1.13. The number of aromatic nitrogens is 3. The number of allylic oxidation sites excluding steroid dienone is 1. The number of hydrogen-bond donors (Lipinski definition) is 0. The van der Waals surface area contributed by atoms with Crippen molar-refractivity contribution in [2.75, 3.05) is 13.7 Å². The maximum atomic E-state index is 5.05. The van der Waals surface area contributed by atoms with Gasteiger partial charge in [0, 0.05) is 13.7 Å². The Balaban J connectivity index is 2.65. The molecule has 0 aromatic carbocycles. The van der Waals surface area contributed by atoms with Crippen LogP contribution in [0, 0.1) is 0 Å². The molecular weight excluding hydrogens is 246 g/mol. The third-order valence-corrected chi connectivity index (χ3v) is 2.56. The Morgan fingerprint density at radius 2 is 2.57 bits per heavy atom. The molecule has 0 aliphatic carbocycles. The average Bonchev–Trinajstić information content (AvgIpc) is 2.63. The number of methoxy groups -OCH3 is 1. The van der Waals surface area contributed by atoms with Crippen LogP contribution in [0.25, 0.3) is 0 Å². The van der Waals surface area contributed by atoms with Gasteiger partial charge in [0.25, 0.3) is 0 Å². The number of nitrogens with zero attached hydrogens (tertiary/aromatic N) is 3. The van der Waals surface area contributed by atoms with Gasteiger partial charge in [0.1, 0.15) is 0 Å². The van der Waals surface area contributed by atoms with Crippen molar-refractivity contribution < 1.29 is 4.74 Å². The first-order chi connectivity index (χ1) is 6.79. The summed E-state index contributed by atoms with van der Waals surface area (Å²) in [5.41, 5.74) is 1.04. The minimum absolute atomic E-state index is 0.146. The van der Waals surface area contributed by atoms with Gasteiger partial charge in [-0.3, -0.25) is 0 Å². The Labute approximate surface area is 92.1 Å². The number of hydrogen-bond acceptors (Lipinski definition) is 3. The SMILES string of the molecule is C=CCCn1nncc1C(Br)COC. The van der Waals surface area contributed by atoms with Crippen LogP contribution in [-0.2, 0) is 11.3 Å². The summed E-state index contributed by atoms with van der Waals surface area (Å²) in [6.07, 6.45) is 4.51. The lowest BCUT2D eigenvalue weighted by atomic mass is 10.3. The van der Waals surface area contributed by atoms with Crippen LogP contribution in [0.4, 0.5) is 0 Å². The second kappa shape index (κ2) is 5.93. The van der Waals surface area contributed by atoms with Gasteiger partial charge in [-0.25, -0.2) is 4.68 Å². The van der Waals surface area contributed by atoms with Crippen molar-refractivity contribution in [1.82, 2.24) is 15.0 Å². The molecule has 1 rings (SSSR count). The summed E-state index contributed by atoms with van der Waals surface area (Å²) in [5, 5.41) is 7.86. The van der Waals surface area contributed by atoms with Gasteiger partial charge >= 0.3 is 0 Å². The van der Waals surface area contributed by atoms with Crippen LogP contribution in [0.15, 0.2) is 18.9 Å². The first kappa shape index (κ1) is 11.4. The van der Waals surface area contributed by atoms with Gasteiger partial charge in [-0.15, -0.1) is 11.7 Å². The molecule has 0 aliphatic heterocycles. The third-order valence-electron chi connectivity index (χ3n) is 1.83. The van der Waals surface area contributed by atoms with E-state index in [1.54, 1.807) is 13.3 Å². The molecule has 0 spiro atoms. The molecule has 5 heteroatoms. The summed E-state index contributed by atoms with van der Waals surface area (Å²) < 4.78 is 6.91. The van der Waals surface area contributed by atoms with E-state index < -0.39 is 0 Å². The van der Waals surface area contributed by atoms with Gasteiger partial charge in [-0.05, 0) is 6.42 Å². The monoisotopic (exact) mass is 259 g/mol. The summed E-state index contributed by atoms with van der Waals surface area (Å²) in [6.45, 7) is 5.10. The molecule has 0 saturated heterocycles. The number of rotatable bonds is 6. The second-order valence-electron chi connectivity index (χ2n) is 2.88. The lowest BCUT2D eigenvalue weighted by molar-refractivity contribution is 0.199. The molecule has 0 aliphatic rings. The van der Waals surface area contributed by atoms with Gasteiger partial charge in [0.05, 0.1) is 23.3 Å². The summed E-state index contributed by atoms with van der Waals surface area (Å²) in [6, 6.07) is 0. The molecule has 0 saturated carbocycles. The van der Waals surface area contributed by atoms with Crippen LogP contribution >= 0.6 is 15.9 Å².